The molecule has 0 saturated heterocycles. The standard InChI is InChI=1S/C14H8ClN3O2/c15-13-5-4-12(18(19)20)14(17-13)10-3-1-2-9-6-7-16-8-11(9)10/h1-8H. The summed E-state index contributed by atoms with van der Waals surface area (Å²) in [6.45, 7) is 0. The average Bonchev–Trinajstić information content (AvgIpc) is 2.46. The number of pyridine rings is 2. The maximum atomic E-state index is 11.1. The van der Waals surface area contributed by atoms with Crippen LogP contribution in [0, 0.1) is 10.1 Å². The molecule has 0 radical (unpaired) electrons. The monoisotopic (exact) mass is 285 g/mol. The molecule has 3 rings (SSSR count). The fourth-order valence-electron chi connectivity index (χ4n) is 2.09. The fraction of sp³-hybridized carbons (Fsp3) is 0. The van der Waals surface area contributed by atoms with Gasteiger partial charge in [-0.15, -0.1) is 0 Å². The van der Waals surface area contributed by atoms with Crippen molar-refractivity contribution in [2.75, 3.05) is 0 Å². The molecule has 0 unspecified atom stereocenters. The van der Waals surface area contributed by atoms with Crippen molar-refractivity contribution in [2.24, 2.45) is 0 Å². The molecule has 0 spiro atoms. The lowest BCUT2D eigenvalue weighted by Crippen LogP contribution is -1.95. The van der Waals surface area contributed by atoms with E-state index in [9.17, 15) is 10.1 Å². The first-order valence-corrected chi connectivity index (χ1v) is 6.18. The number of fused-ring (bicyclic) bond motifs is 1. The normalized spacial score (nSPS) is 10.7. The van der Waals surface area contributed by atoms with Crippen LogP contribution in [-0.4, -0.2) is 14.9 Å². The zero-order valence-electron chi connectivity index (χ0n) is 10.2. The molecule has 0 N–H and O–H groups in total. The van der Waals surface area contributed by atoms with Crippen LogP contribution in [0.15, 0.2) is 48.8 Å². The highest BCUT2D eigenvalue weighted by Gasteiger charge is 2.19. The molecule has 3 aromatic rings. The molecular formula is C14H8ClN3O2. The van der Waals surface area contributed by atoms with Gasteiger partial charge < -0.3 is 0 Å². The molecular weight excluding hydrogens is 278 g/mol. The minimum Gasteiger partial charge on any atom is -0.264 e. The first-order valence-electron chi connectivity index (χ1n) is 5.81. The van der Waals surface area contributed by atoms with Gasteiger partial charge in [0.1, 0.15) is 5.15 Å². The summed E-state index contributed by atoms with van der Waals surface area (Å²) < 4.78 is 0. The van der Waals surface area contributed by atoms with Crippen molar-refractivity contribution < 1.29 is 4.92 Å². The Hall–Kier alpha value is -2.53. The quantitative estimate of drug-likeness (QED) is 0.407. The average molecular weight is 286 g/mol. The third-order valence-corrected chi connectivity index (χ3v) is 3.19. The van der Waals surface area contributed by atoms with E-state index in [0.29, 0.717) is 5.56 Å². The molecule has 0 saturated carbocycles. The van der Waals surface area contributed by atoms with E-state index in [4.69, 9.17) is 11.6 Å². The Labute approximate surface area is 119 Å². The van der Waals surface area contributed by atoms with E-state index in [1.54, 1.807) is 18.5 Å². The molecule has 0 atom stereocenters. The Kier molecular flexibility index (Phi) is 3.04. The molecule has 5 nitrogen and oxygen atoms in total. The SMILES string of the molecule is O=[N+]([O-])c1ccc(Cl)nc1-c1cccc2ccncc12. The van der Waals surface area contributed by atoms with Crippen LogP contribution >= 0.6 is 11.6 Å². The van der Waals surface area contributed by atoms with E-state index in [0.717, 1.165) is 10.8 Å². The molecule has 0 bridgehead atoms. The van der Waals surface area contributed by atoms with Gasteiger partial charge in [-0.1, -0.05) is 29.8 Å². The zero-order valence-corrected chi connectivity index (χ0v) is 10.9. The summed E-state index contributed by atoms with van der Waals surface area (Å²) in [5, 5.41) is 13.1. The topological polar surface area (TPSA) is 68.9 Å². The van der Waals surface area contributed by atoms with E-state index in [1.165, 1.54) is 12.1 Å². The molecule has 6 heteroatoms. The third kappa shape index (κ3) is 2.08. The Morgan fingerprint density at radius 3 is 2.80 bits per heavy atom. The summed E-state index contributed by atoms with van der Waals surface area (Å²) in [5.74, 6) is 0. The first-order chi connectivity index (χ1) is 9.66. The molecule has 20 heavy (non-hydrogen) atoms. The minimum absolute atomic E-state index is 0.0780. The van der Waals surface area contributed by atoms with Crippen molar-refractivity contribution in [3.05, 3.63) is 64.1 Å². The highest BCUT2D eigenvalue weighted by Crippen LogP contribution is 2.33. The van der Waals surface area contributed by atoms with Gasteiger partial charge in [-0.25, -0.2) is 4.98 Å². The molecule has 0 aliphatic rings. The van der Waals surface area contributed by atoms with Crippen LogP contribution in [0.4, 0.5) is 5.69 Å². The number of aromatic nitrogens is 2. The van der Waals surface area contributed by atoms with Crippen LogP contribution in [-0.2, 0) is 0 Å². The summed E-state index contributed by atoms with van der Waals surface area (Å²) in [6, 6.07) is 10.1. The largest absolute Gasteiger partial charge is 0.295 e. The highest BCUT2D eigenvalue weighted by atomic mass is 35.5. The van der Waals surface area contributed by atoms with Gasteiger partial charge in [0.2, 0.25) is 0 Å². The second kappa shape index (κ2) is 4.86. The Balaban J connectivity index is 2.36. The van der Waals surface area contributed by atoms with Gasteiger partial charge >= 0.3 is 0 Å². The lowest BCUT2D eigenvalue weighted by Gasteiger charge is -2.06. The number of halogens is 1. The van der Waals surface area contributed by atoms with Crippen molar-refractivity contribution in [2.45, 2.75) is 0 Å². The highest BCUT2D eigenvalue weighted by molar-refractivity contribution is 6.29. The smallest absolute Gasteiger partial charge is 0.264 e. The Bertz CT molecular complexity index is 815. The van der Waals surface area contributed by atoms with Crippen LogP contribution in [0.3, 0.4) is 0 Å². The van der Waals surface area contributed by atoms with Crippen molar-refractivity contribution in [3.8, 4) is 11.3 Å². The van der Waals surface area contributed by atoms with Crippen molar-refractivity contribution in [1.29, 1.82) is 0 Å². The van der Waals surface area contributed by atoms with E-state index >= 15 is 0 Å². The van der Waals surface area contributed by atoms with Gasteiger partial charge in [-0.3, -0.25) is 15.1 Å². The zero-order chi connectivity index (χ0) is 14.1. The lowest BCUT2D eigenvalue weighted by molar-refractivity contribution is -0.384. The molecule has 2 aromatic heterocycles. The Morgan fingerprint density at radius 1 is 1.15 bits per heavy atom. The van der Waals surface area contributed by atoms with Gasteiger partial charge in [-0.05, 0) is 17.5 Å². The molecule has 0 fully saturated rings. The van der Waals surface area contributed by atoms with Crippen LogP contribution in [0.5, 0.6) is 0 Å². The van der Waals surface area contributed by atoms with Gasteiger partial charge in [0, 0.05) is 29.4 Å². The van der Waals surface area contributed by atoms with Gasteiger partial charge in [0.15, 0.2) is 5.69 Å². The fourth-order valence-corrected chi connectivity index (χ4v) is 2.24. The van der Waals surface area contributed by atoms with Crippen LogP contribution in [0.1, 0.15) is 0 Å². The summed E-state index contributed by atoms with van der Waals surface area (Å²) in [6.07, 6.45) is 3.34. The van der Waals surface area contributed by atoms with Crippen LogP contribution in [0.2, 0.25) is 5.15 Å². The molecule has 1 aromatic carbocycles. The maximum Gasteiger partial charge on any atom is 0.295 e. The van der Waals surface area contributed by atoms with E-state index in [-0.39, 0.29) is 16.5 Å². The molecule has 0 amide bonds. The first kappa shape index (κ1) is 12.5. The van der Waals surface area contributed by atoms with Crippen molar-refractivity contribution in [3.63, 3.8) is 0 Å². The summed E-state index contributed by atoms with van der Waals surface area (Å²) in [7, 11) is 0. The minimum atomic E-state index is -0.464. The number of hydrogen-bond donors (Lipinski definition) is 0. The predicted octanol–water partition coefficient (Wildman–Crippen LogP) is 3.86. The summed E-state index contributed by atoms with van der Waals surface area (Å²) in [5.41, 5.74) is 0.816. The molecule has 0 aliphatic carbocycles. The molecule has 0 aliphatic heterocycles. The van der Waals surface area contributed by atoms with Crippen molar-refractivity contribution >= 4 is 28.1 Å². The van der Waals surface area contributed by atoms with E-state index in [2.05, 4.69) is 9.97 Å². The van der Waals surface area contributed by atoms with Gasteiger partial charge in [0.25, 0.3) is 5.69 Å². The van der Waals surface area contributed by atoms with Crippen molar-refractivity contribution in [1.82, 2.24) is 9.97 Å². The Morgan fingerprint density at radius 2 is 2.00 bits per heavy atom. The number of rotatable bonds is 2. The molecule has 98 valence electrons. The van der Waals surface area contributed by atoms with Crippen LogP contribution < -0.4 is 0 Å². The van der Waals surface area contributed by atoms with E-state index < -0.39 is 4.92 Å². The molecule has 2 heterocycles. The number of hydrogen-bond acceptors (Lipinski definition) is 4. The van der Waals surface area contributed by atoms with Gasteiger partial charge in [-0.2, -0.15) is 0 Å². The predicted molar refractivity (Wildman–Crippen MR) is 76.6 cm³/mol. The summed E-state index contributed by atoms with van der Waals surface area (Å²) >= 11 is 5.87. The second-order valence-electron chi connectivity index (χ2n) is 4.16. The number of benzene rings is 1. The second-order valence-corrected chi connectivity index (χ2v) is 4.55. The van der Waals surface area contributed by atoms with E-state index in [1.807, 2.05) is 18.2 Å². The van der Waals surface area contributed by atoms with Crippen LogP contribution in [0.25, 0.3) is 22.0 Å². The summed E-state index contributed by atoms with van der Waals surface area (Å²) in [4.78, 5) is 18.9. The number of nitro groups is 1. The maximum absolute atomic E-state index is 11.1. The third-order valence-electron chi connectivity index (χ3n) is 2.98. The number of nitrogens with zero attached hydrogens (tertiary/aromatic N) is 3. The lowest BCUT2D eigenvalue weighted by atomic mass is 10.0. The van der Waals surface area contributed by atoms with Gasteiger partial charge in [0.05, 0.1) is 4.92 Å².